The van der Waals surface area contributed by atoms with Gasteiger partial charge in [-0.3, -0.25) is 9.59 Å². The number of benzene rings is 2. The average Bonchev–Trinajstić information content (AvgIpc) is 3.13. The van der Waals surface area contributed by atoms with E-state index in [4.69, 9.17) is 9.47 Å². The quantitative estimate of drug-likeness (QED) is 0.626. The Balaban J connectivity index is 1.59. The van der Waals surface area contributed by atoms with Crippen molar-refractivity contribution in [2.45, 2.75) is 6.92 Å². The zero-order valence-corrected chi connectivity index (χ0v) is 15.7. The maximum absolute atomic E-state index is 12.1. The first-order valence-corrected chi connectivity index (χ1v) is 9.05. The number of ether oxygens (including phenoxy) is 2. The van der Waals surface area contributed by atoms with Crippen molar-refractivity contribution >= 4 is 29.2 Å². The molecule has 0 atom stereocenters. The summed E-state index contributed by atoms with van der Waals surface area (Å²) in [5.41, 5.74) is 3.06. The molecule has 0 fully saturated rings. The molecule has 3 rings (SSSR count). The van der Waals surface area contributed by atoms with Gasteiger partial charge < -0.3 is 14.8 Å². The molecule has 0 radical (unpaired) electrons. The highest BCUT2D eigenvalue weighted by molar-refractivity contribution is 7.09. The molecule has 1 N–H and O–H groups in total. The molecule has 7 heteroatoms. The molecule has 6 nitrogen and oxygen atoms in total. The van der Waals surface area contributed by atoms with Crippen LogP contribution in [0.5, 0.6) is 11.5 Å². The van der Waals surface area contributed by atoms with Gasteiger partial charge in [-0.15, -0.1) is 11.3 Å². The number of aromatic nitrogens is 1. The summed E-state index contributed by atoms with van der Waals surface area (Å²) in [5, 5.41) is 5.79. The van der Waals surface area contributed by atoms with Crippen molar-refractivity contribution in [3.05, 3.63) is 58.4 Å². The molecule has 0 saturated carbocycles. The van der Waals surface area contributed by atoms with Crippen molar-refractivity contribution in [3.8, 4) is 22.8 Å². The van der Waals surface area contributed by atoms with Gasteiger partial charge in [0.1, 0.15) is 6.29 Å². The second-order valence-electron chi connectivity index (χ2n) is 5.69. The summed E-state index contributed by atoms with van der Waals surface area (Å²) >= 11 is 1.60. The summed E-state index contributed by atoms with van der Waals surface area (Å²) in [4.78, 5) is 27.4. The first-order chi connectivity index (χ1) is 13.1. The Morgan fingerprint density at radius 3 is 2.59 bits per heavy atom. The third-order valence-corrected chi connectivity index (χ3v) is 4.54. The van der Waals surface area contributed by atoms with Crippen molar-refractivity contribution in [2.75, 3.05) is 19.0 Å². The Hall–Kier alpha value is -3.19. The molecule has 3 aromatic rings. The number of amides is 1. The molecule has 0 aliphatic carbocycles. The van der Waals surface area contributed by atoms with Crippen molar-refractivity contribution in [1.82, 2.24) is 4.98 Å². The van der Waals surface area contributed by atoms with Gasteiger partial charge in [-0.1, -0.05) is 12.1 Å². The van der Waals surface area contributed by atoms with Crippen molar-refractivity contribution < 1.29 is 19.1 Å². The second-order valence-corrected chi connectivity index (χ2v) is 6.76. The van der Waals surface area contributed by atoms with Gasteiger partial charge in [0.25, 0.3) is 5.91 Å². The van der Waals surface area contributed by atoms with Gasteiger partial charge in [-0.05, 0) is 37.3 Å². The summed E-state index contributed by atoms with van der Waals surface area (Å²) in [6.45, 7) is 1.79. The number of methoxy groups -OCH3 is 1. The molecule has 0 aliphatic heterocycles. The van der Waals surface area contributed by atoms with Crippen LogP contribution in [0, 0.1) is 6.92 Å². The third kappa shape index (κ3) is 4.71. The van der Waals surface area contributed by atoms with Gasteiger partial charge in [0.05, 0.1) is 17.8 Å². The Kier molecular flexibility index (Phi) is 5.83. The van der Waals surface area contributed by atoms with Gasteiger partial charge >= 0.3 is 0 Å². The molecule has 27 heavy (non-hydrogen) atoms. The number of anilines is 1. The number of nitrogens with one attached hydrogen (secondary N) is 1. The molecule has 0 spiro atoms. The molecule has 0 bridgehead atoms. The fourth-order valence-corrected chi connectivity index (χ4v) is 3.06. The SMILES string of the molecule is COc1cc(C=O)ccc1OCC(=O)Nc1ccc(-c2csc(C)n2)cc1. The maximum atomic E-state index is 12.1. The lowest BCUT2D eigenvalue weighted by molar-refractivity contribution is -0.118. The second kappa shape index (κ2) is 8.46. The van der Waals surface area contributed by atoms with Gasteiger partial charge in [0, 0.05) is 22.2 Å². The molecular formula is C20H18N2O4S. The van der Waals surface area contributed by atoms with Crippen LogP contribution >= 0.6 is 11.3 Å². The molecule has 138 valence electrons. The number of hydrogen-bond acceptors (Lipinski definition) is 6. The van der Waals surface area contributed by atoms with Crippen molar-refractivity contribution in [3.63, 3.8) is 0 Å². The fraction of sp³-hybridized carbons (Fsp3) is 0.150. The van der Waals surface area contributed by atoms with E-state index in [2.05, 4.69) is 10.3 Å². The van der Waals surface area contributed by atoms with Crippen LogP contribution in [0.15, 0.2) is 47.8 Å². The lowest BCUT2D eigenvalue weighted by Gasteiger charge is -2.11. The highest BCUT2D eigenvalue weighted by Crippen LogP contribution is 2.27. The zero-order chi connectivity index (χ0) is 19.2. The summed E-state index contributed by atoms with van der Waals surface area (Å²) in [6, 6.07) is 12.2. The third-order valence-electron chi connectivity index (χ3n) is 3.77. The van der Waals surface area contributed by atoms with Crippen LogP contribution in [-0.2, 0) is 4.79 Å². The molecule has 0 unspecified atom stereocenters. The number of carbonyl (C=O) groups is 2. The van der Waals surface area contributed by atoms with E-state index in [9.17, 15) is 9.59 Å². The van der Waals surface area contributed by atoms with E-state index < -0.39 is 0 Å². The van der Waals surface area contributed by atoms with Crippen LogP contribution in [0.3, 0.4) is 0 Å². The Labute approximate surface area is 160 Å². The summed E-state index contributed by atoms with van der Waals surface area (Å²) in [6.07, 6.45) is 0.718. The van der Waals surface area contributed by atoms with Crippen LogP contribution in [-0.4, -0.2) is 30.9 Å². The summed E-state index contributed by atoms with van der Waals surface area (Å²) in [5.74, 6) is 0.497. The topological polar surface area (TPSA) is 77.5 Å². The van der Waals surface area contributed by atoms with Crippen LogP contribution in [0.1, 0.15) is 15.4 Å². The number of rotatable bonds is 7. The Morgan fingerprint density at radius 2 is 1.96 bits per heavy atom. The number of aldehydes is 1. The van der Waals surface area contributed by atoms with E-state index in [-0.39, 0.29) is 12.5 Å². The predicted molar refractivity (Wildman–Crippen MR) is 105 cm³/mol. The predicted octanol–water partition coefficient (Wildman–Crippen LogP) is 3.96. The molecular weight excluding hydrogens is 364 g/mol. The molecule has 1 aromatic heterocycles. The summed E-state index contributed by atoms with van der Waals surface area (Å²) < 4.78 is 10.7. The van der Waals surface area contributed by atoms with E-state index in [1.165, 1.54) is 7.11 Å². The van der Waals surface area contributed by atoms with Crippen LogP contribution in [0.2, 0.25) is 0 Å². The Bertz CT molecular complexity index is 951. The lowest BCUT2D eigenvalue weighted by atomic mass is 10.1. The van der Waals surface area contributed by atoms with E-state index in [1.807, 2.05) is 36.6 Å². The van der Waals surface area contributed by atoms with E-state index >= 15 is 0 Å². The normalized spacial score (nSPS) is 10.3. The number of hydrogen-bond donors (Lipinski definition) is 1. The smallest absolute Gasteiger partial charge is 0.262 e. The van der Waals surface area contributed by atoms with E-state index in [0.29, 0.717) is 22.7 Å². The first kappa shape index (κ1) is 18.6. The van der Waals surface area contributed by atoms with E-state index in [1.54, 1.807) is 29.5 Å². The van der Waals surface area contributed by atoms with Crippen LogP contribution < -0.4 is 14.8 Å². The minimum atomic E-state index is -0.297. The van der Waals surface area contributed by atoms with Gasteiger partial charge in [-0.25, -0.2) is 4.98 Å². The minimum Gasteiger partial charge on any atom is -0.493 e. The molecule has 0 saturated heterocycles. The van der Waals surface area contributed by atoms with Crippen LogP contribution in [0.4, 0.5) is 5.69 Å². The molecule has 2 aromatic carbocycles. The maximum Gasteiger partial charge on any atom is 0.262 e. The highest BCUT2D eigenvalue weighted by atomic mass is 32.1. The Morgan fingerprint density at radius 1 is 1.19 bits per heavy atom. The number of thiazole rings is 1. The minimum absolute atomic E-state index is 0.177. The number of carbonyl (C=O) groups excluding carboxylic acids is 2. The standard InChI is InChI=1S/C20H18N2O4S/c1-13-21-17(12-27-13)15-4-6-16(7-5-15)22-20(24)11-26-18-8-3-14(10-23)9-19(18)25-2/h3-10,12H,11H2,1-2H3,(H,22,24). The average molecular weight is 382 g/mol. The van der Waals surface area contributed by atoms with Crippen molar-refractivity contribution in [2.24, 2.45) is 0 Å². The zero-order valence-electron chi connectivity index (χ0n) is 14.9. The number of nitrogens with zero attached hydrogens (tertiary/aromatic N) is 1. The molecule has 1 amide bonds. The van der Waals surface area contributed by atoms with Gasteiger partial charge in [0.15, 0.2) is 18.1 Å². The van der Waals surface area contributed by atoms with Gasteiger partial charge in [0.2, 0.25) is 0 Å². The summed E-state index contributed by atoms with van der Waals surface area (Å²) in [7, 11) is 1.47. The van der Waals surface area contributed by atoms with Crippen LogP contribution in [0.25, 0.3) is 11.3 Å². The monoisotopic (exact) mass is 382 g/mol. The number of aryl methyl sites for hydroxylation is 1. The first-order valence-electron chi connectivity index (χ1n) is 8.17. The lowest BCUT2D eigenvalue weighted by Crippen LogP contribution is -2.20. The highest BCUT2D eigenvalue weighted by Gasteiger charge is 2.09. The largest absolute Gasteiger partial charge is 0.493 e. The molecule has 0 aliphatic rings. The molecule has 1 heterocycles. The fourth-order valence-electron chi connectivity index (χ4n) is 2.44. The van der Waals surface area contributed by atoms with E-state index in [0.717, 1.165) is 22.6 Å². The van der Waals surface area contributed by atoms with Gasteiger partial charge in [-0.2, -0.15) is 0 Å². The van der Waals surface area contributed by atoms with Crippen molar-refractivity contribution in [1.29, 1.82) is 0 Å².